The van der Waals surface area contributed by atoms with Crippen LogP contribution in [0.15, 0.2) is 34.2 Å². The summed E-state index contributed by atoms with van der Waals surface area (Å²) in [6.45, 7) is 0.427. The Labute approximate surface area is 101 Å². The Morgan fingerprint density at radius 2 is 2.18 bits per heavy atom. The van der Waals surface area contributed by atoms with Crippen molar-refractivity contribution >= 4 is 16.0 Å². The Balaban J connectivity index is 2.87. The second kappa shape index (κ2) is 5.65. The third kappa shape index (κ3) is 3.72. The Morgan fingerprint density at radius 3 is 2.76 bits per heavy atom. The van der Waals surface area contributed by atoms with Crippen LogP contribution in [0.2, 0.25) is 0 Å². The van der Waals surface area contributed by atoms with Gasteiger partial charge in [-0.25, -0.2) is 13.1 Å². The lowest BCUT2D eigenvalue weighted by Crippen LogP contribution is -2.30. The van der Waals surface area contributed by atoms with Crippen LogP contribution in [0.25, 0.3) is 0 Å². The summed E-state index contributed by atoms with van der Waals surface area (Å²) in [4.78, 5) is 3.97. The van der Waals surface area contributed by atoms with Gasteiger partial charge >= 0.3 is 0 Å². The second-order valence-corrected chi connectivity index (χ2v) is 5.20. The molecule has 1 aromatic rings. The van der Waals surface area contributed by atoms with E-state index in [2.05, 4.69) is 15.0 Å². The average molecular weight is 256 g/mol. The predicted octanol–water partition coefficient (Wildman–Crippen LogP) is -0.371. The minimum Gasteiger partial charge on any atom is -0.370 e. The monoisotopic (exact) mass is 256 g/mol. The number of sulfonamides is 1. The van der Waals surface area contributed by atoms with E-state index in [1.165, 1.54) is 13.1 Å². The molecule has 0 spiro atoms. The number of nitrogens with one attached hydrogen (secondary N) is 2. The zero-order valence-electron chi connectivity index (χ0n) is 9.77. The molecule has 0 heterocycles. The van der Waals surface area contributed by atoms with Crippen molar-refractivity contribution in [3.63, 3.8) is 0 Å². The number of benzene rings is 1. The fourth-order valence-corrected chi connectivity index (χ4v) is 2.01. The van der Waals surface area contributed by atoms with Crippen LogP contribution in [0.5, 0.6) is 0 Å². The summed E-state index contributed by atoms with van der Waals surface area (Å²) < 4.78 is 25.4. The fourth-order valence-electron chi connectivity index (χ4n) is 1.21. The zero-order valence-corrected chi connectivity index (χ0v) is 10.6. The van der Waals surface area contributed by atoms with E-state index in [1.807, 2.05) is 6.07 Å². The molecule has 0 unspecified atom stereocenters. The van der Waals surface area contributed by atoms with Gasteiger partial charge < -0.3 is 11.1 Å². The van der Waals surface area contributed by atoms with E-state index in [1.54, 1.807) is 19.2 Å². The van der Waals surface area contributed by atoms with Gasteiger partial charge in [0.1, 0.15) is 0 Å². The summed E-state index contributed by atoms with van der Waals surface area (Å²) in [6, 6.07) is 6.61. The van der Waals surface area contributed by atoms with Crippen LogP contribution in [-0.4, -0.2) is 28.5 Å². The molecule has 0 saturated carbocycles. The van der Waals surface area contributed by atoms with E-state index in [0.29, 0.717) is 12.5 Å². The van der Waals surface area contributed by atoms with Crippen LogP contribution >= 0.6 is 0 Å². The molecular weight excluding hydrogens is 240 g/mol. The summed E-state index contributed by atoms with van der Waals surface area (Å²) in [5.41, 5.74) is 6.29. The molecule has 0 fully saturated rings. The maximum Gasteiger partial charge on any atom is 0.240 e. The SMILES string of the molecule is CN=C(N)NCc1cccc(S(=O)(=O)NC)c1. The third-order valence-corrected chi connectivity index (χ3v) is 3.60. The maximum absolute atomic E-state index is 11.6. The fraction of sp³-hybridized carbons (Fsp3) is 0.300. The highest BCUT2D eigenvalue weighted by Crippen LogP contribution is 2.10. The highest BCUT2D eigenvalue weighted by atomic mass is 32.2. The maximum atomic E-state index is 11.6. The average Bonchev–Trinajstić information content (AvgIpc) is 2.36. The number of aliphatic imine (C=N–C) groups is 1. The van der Waals surface area contributed by atoms with Crippen molar-refractivity contribution in [2.24, 2.45) is 10.7 Å². The van der Waals surface area contributed by atoms with Gasteiger partial charge in [0.05, 0.1) is 4.90 Å². The van der Waals surface area contributed by atoms with Crippen molar-refractivity contribution in [1.29, 1.82) is 0 Å². The largest absolute Gasteiger partial charge is 0.370 e. The molecule has 0 aliphatic rings. The molecular formula is C10H16N4O2S. The Hall–Kier alpha value is -1.60. The minimum absolute atomic E-state index is 0.228. The van der Waals surface area contributed by atoms with Crippen molar-refractivity contribution < 1.29 is 8.42 Å². The van der Waals surface area contributed by atoms with Crippen LogP contribution in [0, 0.1) is 0 Å². The van der Waals surface area contributed by atoms with Crippen LogP contribution in [0.4, 0.5) is 0 Å². The van der Waals surface area contributed by atoms with Crippen LogP contribution in [0.3, 0.4) is 0 Å². The van der Waals surface area contributed by atoms with Gasteiger partial charge in [-0.2, -0.15) is 0 Å². The molecule has 1 aromatic carbocycles. The lowest BCUT2D eigenvalue weighted by Gasteiger charge is -2.07. The highest BCUT2D eigenvalue weighted by molar-refractivity contribution is 7.89. The van der Waals surface area contributed by atoms with Crippen molar-refractivity contribution in [3.05, 3.63) is 29.8 Å². The molecule has 0 aromatic heterocycles. The topological polar surface area (TPSA) is 96.6 Å². The van der Waals surface area contributed by atoms with Crippen LogP contribution in [0.1, 0.15) is 5.56 Å². The summed E-state index contributed by atoms with van der Waals surface area (Å²) in [6.07, 6.45) is 0. The first kappa shape index (κ1) is 13.5. The quantitative estimate of drug-likeness (QED) is 0.506. The molecule has 0 aliphatic heterocycles. The Morgan fingerprint density at radius 1 is 1.47 bits per heavy atom. The van der Waals surface area contributed by atoms with Crippen molar-refractivity contribution in [1.82, 2.24) is 10.0 Å². The van der Waals surface area contributed by atoms with E-state index in [-0.39, 0.29) is 4.90 Å². The summed E-state index contributed by atoms with van der Waals surface area (Å²) >= 11 is 0. The molecule has 0 amide bonds. The van der Waals surface area contributed by atoms with E-state index >= 15 is 0 Å². The van der Waals surface area contributed by atoms with Gasteiger partial charge in [-0.1, -0.05) is 12.1 Å². The third-order valence-electron chi connectivity index (χ3n) is 2.19. The van der Waals surface area contributed by atoms with Gasteiger partial charge in [0, 0.05) is 13.6 Å². The van der Waals surface area contributed by atoms with Gasteiger partial charge in [0.25, 0.3) is 0 Å². The molecule has 0 saturated heterocycles. The number of nitrogens with two attached hydrogens (primary N) is 1. The molecule has 7 heteroatoms. The second-order valence-electron chi connectivity index (χ2n) is 3.32. The molecule has 4 N–H and O–H groups in total. The van der Waals surface area contributed by atoms with Crippen molar-refractivity contribution in [2.45, 2.75) is 11.4 Å². The number of hydrogen-bond acceptors (Lipinski definition) is 3. The normalized spacial score (nSPS) is 12.5. The summed E-state index contributed by atoms with van der Waals surface area (Å²) in [5, 5.41) is 2.86. The van der Waals surface area contributed by atoms with E-state index in [9.17, 15) is 8.42 Å². The molecule has 0 radical (unpaired) electrons. The molecule has 0 atom stereocenters. The van der Waals surface area contributed by atoms with Crippen LogP contribution in [-0.2, 0) is 16.6 Å². The number of guanidine groups is 1. The van der Waals surface area contributed by atoms with Gasteiger partial charge in [-0.05, 0) is 24.7 Å². The molecule has 94 valence electrons. The van der Waals surface area contributed by atoms with E-state index in [4.69, 9.17) is 5.73 Å². The lowest BCUT2D eigenvalue weighted by atomic mass is 10.2. The van der Waals surface area contributed by atoms with Gasteiger partial charge in [-0.15, -0.1) is 0 Å². The van der Waals surface area contributed by atoms with Gasteiger partial charge in [0.15, 0.2) is 5.96 Å². The van der Waals surface area contributed by atoms with Crippen LogP contribution < -0.4 is 15.8 Å². The summed E-state index contributed by atoms with van der Waals surface area (Å²) in [7, 11) is -0.453. The van der Waals surface area contributed by atoms with Crippen molar-refractivity contribution in [2.75, 3.05) is 14.1 Å². The first-order chi connectivity index (χ1) is 7.99. The lowest BCUT2D eigenvalue weighted by molar-refractivity contribution is 0.588. The Bertz CT molecular complexity index is 511. The summed E-state index contributed by atoms with van der Waals surface area (Å²) in [5.74, 6) is 0.312. The van der Waals surface area contributed by atoms with Gasteiger partial charge in [-0.3, -0.25) is 4.99 Å². The number of nitrogens with zero attached hydrogens (tertiary/aromatic N) is 1. The number of rotatable bonds is 4. The number of hydrogen-bond donors (Lipinski definition) is 3. The highest BCUT2D eigenvalue weighted by Gasteiger charge is 2.10. The standard InChI is InChI=1S/C10H16N4O2S/c1-12-10(11)14-7-8-4-3-5-9(6-8)17(15,16)13-2/h3-6,13H,7H2,1-2H3,(H3,11,12,14). The smallest absolute Gasteiger partial charge is 0.240 e. The minimum atomic E-state index is -3.40. The first-order valence-corrected chi connectivity index (χ1v) is 6.46. The Kier molecular flexibility index (Phi) is 4.47. The van der Waals surface area contributed by atoms with Gasteiger partial charge in [0.2, 0.25) is 10.0 Å². The molecule has 0 aliphatic carbocycles. The van der Waals surface area contributed by atoms with E-state index < -0.39 is 10.0 Å². The molecule has 6 nitrogen and oxygen atoms in total. The van der Waals surface area contributed by atoms with E-state index in [0.717, 1.165) is 5.56 Å². The predicted molar refractivity (Wildman–Crippen MR) is 67.1 cm³/mol. The molecule has 1 rings (SSSR count). The molecule has 0 bridgehead atoms. The van der Waals surface area contributed by atoms with Crippen molar-refractivity contribution in [3.8, 4) is 0 Å². The first-order valence-electron chi connectivity index (χ1n) is 4.98. The molecule has 17 heavy (non-hydrogen) atoms. The zero-order chi connectivity index (χ0) is 12.9.